The minimum atomic E-state index is -4.54. The molecule has 0 unspecified atom stereocenters. The lowest BCUT2D eigenvalue weighted by atomic mass is 10.1. The van der Waals surface area contributed by atoms with E-state index in [9.17, 15) is 18.0 Å². The van der Waals surface area contributed by atoms with Crippen LogP contribution >= 0.6 is 0 Å². The number of hydrogen-bond acceptors (Lipinski definition) is 9. The minimum Gasteiger partial charge on any atom is -0.480 e. The van der Waals surface area contributed by atoms with Gasteiger partial charge in [0.05, 0.1) is 12.8 Å². The molecule has 15 heteroatoms. The number of imidazole rings is 2. The van der Waals surface area contributed by atoms with E-state index >= 15 is 0 Å². The van der Waals surface area contributed by atoms with Gasteiger partial charge in [0, 0.05) is 30.3 Å². The van der Waals surface area contributed by atoms with Gasteiger partial charge in [0.15, 0.2) is 28.8 Å². The molecule has 222 valence electrons. The molecule has 0 atom stereocenters. The van der Waals surface area contributed by atoms with E-state index in [0.29, 0.717) is 28.3 Å². The molecule has 1 aromatic carbocycles. The molecule has 1 saturated carbocycles. The lowest BCUT2D eigenvalue weighted by Gasteiger charge is -2.13. The number of aromatic amines is 1. The van der Waals surface area contributed by atoms with Crippen molar-refractivity contribution in [3.8, 4) is 28.7 Å². The largest absolute Gasteiger partial charge is 0.480 e. The number of carbonyl (C=O) groups excluding carboxylic acids is 1. The van der Waals surface area contributed by atoms with Crippen LogP contribution in [0.1, 0.15) is 66.2 Å². The van der Waals surface area contributed by atoms with Gasteiger partial charge in [-0.05, 0) is 32.3 Å². The SMILES string of the molecule is COc1ncnc(C2CC2)c1-c1nc(NCc2ccc(-c3nc(C(F)(F)F)cn3C(C)C)cc2)c2[nH]c(C(N)=O)nc2n1. The number of fused-ring (bicyclic) bond motifs is 1. The number of halogens is 3. The second kappa shape index (κ2) is 10.6. The molecule has 1 aliphatic carbocycles. The van der Waals surface area contributed by atoms with E-state index in [1.165, 1.54) is 18.0 Å². The van der Waals surface area contributed by atoms with Crippen molar-refractivity contribution >= 4 is 22.9 Å². The van der Waals surface area contributed by atoms with Gasteiger partial charge in [-0.2, -0.15) is 13.2 Å². The monoisotopic (exact) mass is 592 g/mol. The Labute approximate surface area is 243 Å². The van der Waals surface area contributed by atoms with Crippen molar-refractivity contribution in [1.29, 1.82) is 0 Å². The summed E-state index contributed by atoms with van der Waals surface area (Å²) in [6, 6.07) is 6.79. The van der Waals surface area contributed by atoms with Gasteiger partial charge in [-0.15, -0.1) is 0 Å². The van der Waals surface area contributed by atoms with Crippen LogP contribution in [0.4, 0.5) is 19.0 Å². The number of ether oxygens (including phenoxy) is 1. The third-order valence-corrected chi connectivity index (χ3v) is 7.06. The zero-order chi connectivity index (χ0) is 30.5. The number of alkyl halides is 3. The van der Waals surface area contributed by atoms with Crippen molar-refractivity contribution in [2.75, 3.05) is 12.4 Å². The van der Waals surface area contributed by atoms with Crippen molar-refractivity contribution in [2.45, 2.75) is 51.4 Å². The van der Waals surface area contributed by atoms with E-state index in [2.05, 4.69) is 35.2 Å². The Morgan fingerprint density at radius 2 is 1.88 bits per heavy atom. The Hall–Kier alpha value is -5.08. The van der Waals surface area contributed by atoms with Crippen molar-refractivity contribution in [1.82, 2.24) is 39.5 Å². The number of nitrogens with one attached hydrogen (secondary N) is 2. The van der Waals surface area contributed by atoms with Crippen LogP contribution in [0.15, 0.2) is 36.8 Å². The van der Waals surface area contributed by atoms with E-state index in [4.69, 9.17) is 15.5 Å². The molecule has 4 aromatic heterocycles. The summed E-state index contributed by atoms with van der Waals surface area (Å²) < 4.78 is 47.0. The first-order valence-corrected chi connectivity index (χ1v) is 13.5. The maximum Gasteiger partial charge on any atom is 0.434 e. The van der Waals surface area contributed by atoms with Crippen LogP contribution in [0.3, 0.4) is 0 Å². The van der Waals surface area contributed by atoms with Crippen LogP contribution in [0.25, 0.3) is 33.9 Å². The second-order valence-electron chi connectivity index (χ2n) is 10.5. The third-order valence-electron chi connectivity index (χ3n) is 7.06. The number of aromatic nitrogens is 8. The minimum absolute atomic E-state index is 0.0774. The number of methoxy groups -OCH3 is 1. The fraction of sp³-hybridized carbons (Fsp3) is 0.321. The number of anilines is 1. The predicted molar refractivity (Wildman–Crippen MR) is 150 cm³/mol. The van der Waals surface area contributed by atoms with Gasteiger partial charge in [-0.25, -0.2) is 29.9 Å². The zero-order valence-corrected chi connectivity index (χ0v) is 23.4. The maximum absolute atomic E-state index is 13.3. The average Bonchev–Trinajstić information content (AvgIpc) is 3.55. The van der Waals surface area contributed by atoms with E-state index < -0.39 is 17.8 Å². The lowest BCUT2D eigenvalue weighted by Crippen LogP contribution is -2.12. The van der Waals surface area contributed by atoms with Gasteiger partial charge in [0.1, 0.15) is 23.2 Å². The smallest absolute Gasteiger partial charge is 0.434 e. The lowest BCUT2D eigenvalue weighted by molar-refractivity contribution is -0.140. The second-order valence-corrected chi connectivity index (χ2v) is 10.5. The molecule has 0 bridgehead atoms. The average molecular weight is 593 g/mol. The molecule has 0 radical (unpaired) electrons. The molecule has 1 amide bonds. The first-order chi connectivity index (χ1) is 20.5. The van der Waals surface area contributed by atoms with Gasteiger partial charge in [0.25, 0.3) is 5.91 Å². The molecule has 4 heterocycles. The van der Waals surface area contributed by atoms with Gasteiger partial charge >= 0.3 is 6.18 Å². The highest BCUT2D eigenvalue weighted by atomic mass is 19.4. The zero-order valence-electron chi connectivity index (χ0n) is 23.4. The van der Waals surface area contributed by atoms with E-state index in [1.54, 1.807) is 38.1 Å². The van der Waals surface area contributed by atoms with Gasteiger partial charge in [-0.1, -0.05) is 24.3 Å². The van der Waals surface area contributed by atoms with Crippen LogP contribution in [0.5, 0.6) is 5.88 Å². The first kappa shape index (κ1) is 28.1. The number of nitrogens with two attached hydrogens (primary N) is 1. The van der Waals surface area contributed by atoms with Crippen LogP contribution in [-0.4, -0.2) is 52.5 Å². The molecule has 43 heavy (non-hydrogen) atoms. The van der Waals surface area contributed by atoms with E-state index in [0.717, 1.165) is 30.3 Å². The van der Waals surface area contributed by atoms with Gasteiger partial charge < -0.3 is 25.3 Å². The summed E-state index contributed by atoms with van der Waals surface area (Å²) in [5, 5.41) is 3.26. The number of benzene rings is 1. The molecule has 1 aliphatic rings. The highest BCUT2D eigenvalue weighted by Crippen LogP contribution is 2.45. The Balaban J connectivity index is 1.34. The summed E-state index contributed by atoms with van der Waals surface area (Å²) in [7, 11) is 1.50. The molecular weight excluding hydrogens is 565 g/mol. The summed E-state index contributed by atoms with van der Waals surface area (Å²) in [6.45, 7) is 3.87. The maximum atomic E-state index is 13.3. The molecule has 6 rings (SSSR count). The van der Waals surface area contributed by atoms with Crippen LogP contribution in [0, 0.1) is 0 Å². The number of H-pyrrole nitrogens is 1. The van der Waals surface area contributed by atoms with E-state index in [1.807, 2.05) is 0 Å². The summed E-state index contributed by atoms with van der Waals surface area (Å²) in [6.07, 6.45) is -0.135. The summed E-state index contributed by atoms with van der Waals surface area (Å²) in [5.74, 6) is 0.568. The molecule has 4 N–H and O–H groups in total. The number of nitrogens with zero attached hydrogens (tertiary/aromatic N) is 7. The molecule has 1 fully saturated rings. The fourth-order valence-electron chi connectivity index (χ4n) is 4.76. The highest BCUT2D eigenvalue weighted by molar-refractivity contribution is 5.95. The number of amides is 1. The molecule has 0 aliphatic heterocycles. The van der Waals surface area contributed by atoms with Crippen molar-refractivity contribution in [2.24, 2.45) is 5.73 Å². The van der Waals surface area contributed by atoms with Crippen LogP contribution in [-0.2, 0) is 12.7 Å². The Morgan fingerprint density at radius 3 is 2.51 bits per heavy atom. The fourth-order valence-corrected chi connectivity index (χ4v) is 4.76. The van der Waals surface area contributed by atoms with Crippen LogP contribution in [0.2, 0.25) is 0 Å². The first-order valence-electron chi connectivity index (χ1n) is 13.5. The van der Waals surface area contributed by atoms with Crippen molar-refractivity contribution < 1.29 is 22.7 Å². The summed E-state index contributed by atoms with van der Waals surface area (Å²) >= 11 is 0. The predicted octanol–water partition coefficient (Wildman–Crippen LogP) is 4.87. The Kier molecular flexibility index (Phi) is 6.94. The molecule has 5 aromatic rings. The van der Waals surface area contributed by atoms with Gasteiger partial charge in [-0.3, -0.25) is 4.79 Å². The highest BCUT2D eigenvalue weighted by Gasteiger charge is 2.35. The quantitative estimate of drug-likeness (QED) is 0.217. The number of hydrogen-bond donors (Lipinski definition) is 3. The van der Waals surface area contributed by atoms with Crippen LogP contribution < -0.4 is 15.8 Å². The Bertz CT molecular complexity index is 1830. The Morgan fingerprint density at radius 1 is 1.14 bits per heavy atom. The third kappa shape index (κ3) is 5.45. The summed E-state index contributed by atoms with van der Waals surface area (Å²) in [5.41, 5.74) is 7.78. The number of carbonyl (C=O) groups is 1. The standard InChI is InChI=1S/C28H27F3N10O2/c1-13(2)41-11-17(28(29,30)31)36-26(41)16-6-4-14(5-7-16)10-33-23-20-24(40-25(37-20)21(32)42)39-22(38-23)18-19(15-8-9-15)34-12-35-27(18)43-3/h4-7,11-13,15H,8-10H2,1-3H3,(H2,32,42)(H2,33,37,38,39,40). The molecule has 0 saturated heterocycles. The normalized spacial score (nSPS) is 13.6. The van der Waals surface area contributed by atoms with Crippen molar-refractivity contribution in [3.05, 3.63) is 59.6 Å². The van der Waals surface area contributed by atoms with E-state index in [-0.39, 0.29) is 41.6 Å². The summed E-state index contributed by atoms with van der Waals surface area (Å²) in [4.78, 5) is 40.9. The molecular formula is C28H27F3N10O2. The molecule has 12 nitrogen and oxygen atoms in total. The molecule has 0 spiro atoms. The van der Waals surface area contributed by atoms with Gasteiger partial charge in [0.2, 0.25) is 5.88 Å². The number of primary amides is 1. The van der Waals surface area contributed by atoms with Crippen molar-refractivity contribution in [3.63, 3.8) is 0 Å². The number of rotatable bonds is 9. The topological polar surface area (TPSA) is 162 Å².